The third-order valence-corrected chi connectivity index (χ3v) is 1.43. The molecule has 5 heteroatoms. The lowest BCUT2D eigenvalue weighted by atomic mass is 10.3. The van der Waals surface area contributed by atoms with Crippen LogP contribution in [0.3, 0.4) is 0 Å². The molecule has 4 nitrogen and oxygen atoms in total. The molecule has 0 amide bonds. The number of carbonyl (C=O) groups is 1. The molecule has 0 saturated carbocycles. The second-order valence-corrected chi connectivity index (χ2v) is 2.41. The van der Waals surface area contributed by atoms with Crippen LogP contribution in [0.4, 0.5) is 0 Å². The van der Waals surface area contributed by atoms with E-state index < -0.39 is 5.97 Å². The van der Waals surface area contributed by atoms with Gasteiger partial charge in [-0.1, -0.05) is 0 Å². The summed E-state index contributed by atoms with van der Waals surface area (Å²) in [4.78, 5) is 10.0. The first-order chi connectivity index (χ1) is 5.16. The Bertz CT molecular complexity index is 150. The average Bonchev–Trinajstić information content (AvgIpc) is 1.97. The molecule has 0 aliphatic heterocycles. The van der Waals surface area contributed by atoms with Crippen LogP contribution in [-0.2, 0) is 4.79 Å². The highest BCUT2D eigenvalue weighted by atomic mass is 32.1. The summed E-state index contributed by atoms with van der Waals surface area (Å²) in [5.74, 6) is -0.776. The van der Waals surface area contributed by atoms with Crippen LogP contribution < -0.4 is 10.6 Å². The zero-order valence-electron chi connectivity index (χ0n) is 6.39. The smallest absolute Gasteiger partial charge is 0.303 e. The lowest BCUT2D eigenvalue weighted by Crippen LogP contribution is -2.33. The van der Waals surface area contributed by atoms with Crippen molar-refractivity contribution in [1.82, 2.24) is 10.6 Å². The highest BCUT2D eigenvalue weighted by Gasteiger charge is 1.95. The van der Waals surface area contributed by atoms with Crippen molar-refractivity contribution in [2.24, 2.45) is 0 Å². The molecule has 11 heavy (non-hydrogen) atoms. The minimum Gasteiger partial charge on any atom is -0.481 e. The standard InChI is InChI=1S/C6H12N2O2S/c1-7-6(11)8-4-2-3-5(9)10/h2-4H2,1H3,(H,9,10)(H2,7,8,11). The van der Waals surface area contributed by atoms with Crippen LogP contribution in [0.2, 0.25) is 0 Å². The van der Waals surface area contributed by atoms with Crippen molar-refractivity contribution in [2.45, 2.75) is 12.8 Å². The van der Waals surface area contributed by atoms with Crippen molar-refractivity contribution in [3.05, 3.63) is 0 Å². The summed E-state index contributed by atoms with van der Waals surface area (Å²) < 4.78 is 0. The van der Waals surface area contributed by atoms with Gasteiger partial charge in [-0.15, -0.1) is 0 Å². The molecule has 64 valence electrons. The monoisotopic (exact) mass is 176 g/mol. The molecule has 0 aliphatic rings. The van der Waals surface area contributed by atoms with Crippen LogP contribution in [-0.4, -0.2) is 29.8 Å². The van der Waals surface area contributed by atoms with Gasteiger partial charge in [-0.25, -0.2) is 0 Å². The molecule has 0 bridgehead atoms. The molecule has 0 aromatic heterocycles. The maximum Gasteiger partial charge on any atom is 0.303 e. The largest absolute Gasteiger partial charge is 0.481 e. The van der Waals surface area contributed by atoms with Gasteiger partial charge in [-0.05, 0) is 18.6 Å². The number of hydrogen-bond donors (Lipinski definition) is 3. The molecule has 0 saturated heterocycles. The van der Waals surface area contributed by atoms with E-state index in [-0.39, 0.29) is 6.42 Å². The van der Waals surface area contributed by atoms with E-state index >= 15 is 0 Å². The maximum atomic E-state index is 10.0. The fraction of sp³-hybridized carbons (Fsp3) is 0.667. The summed E-state index contributed by atoms with van der Waals surface area (Å²) in [6.07, 6.45) is 0.774. The number of hydrogen-bond acceptors (Lipinski definition) is 2. The van der Waals surface area contributed by atoms with Crippen LogP contribution in [0.15, 0.2) is 0 Å². The Hall–Kier alpha value is -0.840. The molecule has 0 rings (SSSR count). The van der Waals surface area contributed by atoms with Gasteiger partial charge in [-0.3, -0.25) is 4.79 Å². The van der Waals surface area contributed by atoms with E-state index in [2.05, 4.69) is 10.6 Å². The molecule has 0 atom stereocenters. The first-order valence-corrected chi connectivity index (χ1v) is 3.75. The second-order valence-electron chi connectivity index (χ2n) is 2.00. The molecular weight excluding hydrogens is 164 g/mol. The van der Waals surface area contributed by atoms with E-state index in [4.69, 9.17) is 17.3 Å². The molecule has 0 radical (unpaired) electrons. The summed E-state index contributed by atoms with van der Waals surface area (Å²) in [6, 6.07) is 0. The van der Waals surface area contributed by atoms with Crippen molar-refractivity contribution >= 4 is 23.3 Å². The minimum atomic E-state index is -0.776. The Morgan fingerprint density at radius 1 is 1.64 bits per heavy atom. The van der Waals surface area contributed by atoms with E-state index in [9.17, 15) is 4.79 Å². The lowest BCUT2D eigenvalue weighted by molar-refractivity contribution is -0.137. The summed E-state index contributed by atoms with van der Waals surface area (Å²) in [5.41, 5.74) is 0. The van der Waals surface area contributed by atoms with E-state index in [1.807, 2.05) is 0 Å². The van der Waals surface area contributed by atoms with Crippen molar-refractivity contribution in [3.8, 4) is 0 Å². The predicted molar refractivity (Wildman–Crippen MR) is 46.5 cm³/mol. The van der Waals surface area contributed by atoms with E-state index in [0.717, 1.165) is 0 Å². The fourth-order valence-electron chi connectivity index (χ4n) is 0.530. The fourth-order valence-corrected chi connectivity index (χ4v) is 0.632. The lowest BCUT2D eigenvalue weighted by Gasteiger charge is -2.04. The Labute approximate surface area is 71.0 Å². The molecule has 0 fully saturated rings. The van der Waals surface area contributed by atoms with Gasteiger partial charge in [0, 0.05) is 20.0 Å². The maximum absolute atomic E-state index is 10.0. The zero-order chi connectivity index (χ0) is 8.69. The quantitative estimate of drug-likeness (QED) is 0.414. The van der Waals surface area contributed by atoms with E-state index in [1.54, 1.807) is 7.05 Å². The molecular formula is C6H12N2O2S. The van der Waals surface area contributed by atoms with Crippen LogP contribution in [0.1, 0.15) is 12.8 Å². The first kappa shape index (κ1) is 10.2. The number of carboxylic acids is 1. The molecule has 0 aliphatic carbocycles. The summed E-state index contributed by atoms with van der Waals surface area (Å²) in [6.45, 7) is 0.603. The Kier molecular flexibility index (Phi) is 5.46. The normalized spacial score (nSPS) is 8.82. The van der Waals surface area contributed by atoms with Gasteiger partial charge >= 0.3 is 5.97 Å². The van der Waals surface area contributed by atoms with Gasteiger partial charge in [0.25, 0.3) is 0 Å². The number of aliphatic carboxylic acids is 1. The van der Waals surface area contributed by atoms with Crippen molar-refractivity contribution in [2.75, 3.05) is 13.6 Å². The van der Waals surface area contributed by atoms with Gasteiger partial charge in [0.05, 0.1) is 0 Å². The summed E-state index contributed by atoms with van der Waals surface area (Å²) >= 11 is 4.76. The first-order valence-electron chi connectivity index (χ1n) is 3.34. The number of nitrogens with one attached hydrogen (secondary N) is 2. The molecule has 0 unspecified atom stereocenters. The van der Waals surface area contributed by atoms with Gasteiger partial charge in [-0.2, -0.15) is 0 Å². The summed E-state index contributed by atoms with van der Waals surface area (Å²) in [5, 5.41) is 14.4. The minimum absolute atomic E-state index is 0.180. The van der Waals surface area contributed by atoms with Crippen molar-refractivity contribution < 1.29 is 9.90 Å². The van der Waals surface area contributed by atoms with Gasteiger partial charge in [0.2, 0.25) is 0 Å². The van der Waals surface area contributed by atoms with E-state index in [1.165, 1.54) is 0 Å². The van der Waals surface area contributed by atoms with Crippen LogP contribution >= 0.6 is 12.2 Å². The summed E-state index contributed by atoms with van der Waals surface area (Å²) in [7, 11) is 1.71. The Morgan fingerprint density at radius 3 is 2.73 bits per heavy atom. The SMILES string of the molecule is CNC(=S)NCCCC(=O)O. The third-order valence-electron chi connectivity index (χ3n) is 1.08. The highest BCUT2D eigenvalue weighted by molar-refractivity contribution is 7.80. The number of carboxylic acid groups (broad SMARTS) is 1. The van der Waals surface area contributed by atoms with E-state index in [0.29, 0.717) is 18.1 Å². The average molecular weight is 176 g/mol. The molecule has 0 aromatic carbocycles. The molecule has 0 heterocycles. The molecule has 0 aromatic rings. The van der Waals surface area contributed by atoms with Gasteiger partial charge in [0.15, 0.2) is 5.11 Å². The topological polar surface area (TPSA) is 61.4 Å². The Balaban J connectivity index is 3.14. The van der Waals surface area contributed by atoms with Crippen LogP contribution in [0, 0.1) is 0 Å². The highest BCUT2D eigenvalue weighted by Crippen LogP contribution is 1.85. The third kappa shape index (κ3) is 7.05. The number of thiocarbonyl (C=S) groups is 1. The molecule has 3 N–H and O–H groups in total. The predicted octanol–water partition coefficient (Wildman–Crippen LogP) is -0.0549. The van der Waals surface area contributed by atoms with Crippen molar-refractivity contribution in [3.63, 3.8) is 0 Å². The van der Waals surface area contributed by atoms with Crippen LogP contribution in [0.25, 0.3) is 0 Å². The second kappa shape index (κ2) is 5.91. The van der Waals surface area contributed by atoms with Crippen molar-refractivity contribution in [1.29, 1.82) is 0 Å². The Morgan fingerprint density at radius 2 is 2.27 bits per heavy atom. The van der Waals surface area contributed by atoms with Gasteiger partial charge < -0.3 is 15.7 Å². The zero-order valence-corrected chi connectivity index (χ0v) is 7.20. The van der Waals surface area contributed by atoms with Gasteiger partial charge in [0.1, 0.15) is 0 Å². The molecule has 0 spiro atoms. The number of rotatable bonds is 4. The van der Waals surface area contributed by atoms with Crippen LogP contribution in [0.5, 0.6) is 0 Å².